The Morgan fingerprint density at radius 3 is 2.40 bits per heavy atom. The summed E-state index contributed by atoms with van der Waals surface area (Å²) in [6.07, 6.45) is 3.86. The van der Waals surface area contributed by atoms with Gasteiger partial charge in [-0.25, -0.2) is 0 Å². The van der Waals surface area contributed by atoms with Crippen LogP contribution >= 0.6 is 24.0 Å². The Balaban J connectivity index is 0.00000312. The molecule has 2 fully saturated rings. The van der Waals surface area contributed by atoms with Crippen molar-refractivity contribution in [2.24, 2.45) is 10.9 Å². The second kappa shape index (κ2) is 14.0. The van der Waals surface area contributed by atoms with Crippen LogP contribution in [0.2, 0.25) is 0 Å². The lowest BCUT2D eigenvalue weighted by atomic mass is 9.99. The predicted molar refractivity (Wildman–Crippen MR) is 116 cm³/mol. The number of nitrogens with one attached hydrogen (secondary N) is 2. The molecule has 0 amide bonds. The van der Waals surface area contributed by atoms with Crippen LogP contribution in [0.4, 0.5) is 0 Å². The van der Waals surface area contributed by atoms with Crippen LogP contribution in [0.1, 0.15) is 33.1 Å². The van der Waals surface area contributed by atoms with Crippen LogP contribution in [-0.2, 0) is 4.74 Å². The Hall–Kier alpha value is -0.120. The van der Waals surface area contributed by atoms with E-state index in [9.17, 15) is 0 Å². The molecule has 7 heteroatoms. The van der Waals surface area contributed by atoms with E-state index in [0.717, 1.165) is 70.8 Å². The van der Waals surface area contributed by atoms with Crippen LogP contribution in [0.5, 0.6) is 0 Å². The molecule has 2 aliphatic rings. The molecule has 0 aromatic heterocycles. The van der Waals surface area contributed by atoms with E-state index < -0.39 is 0 Å². The first-order chi connectivity index (χ1) is 11.8. The molecule has 0 saturated carbocycles. The van der Waals surface area contributed by atoms with Gasteiger partial charge in [0.05, 0.1) is 13.2 Å². The highest BCUT2D eigenvalue weighted by Gasteiger charge is 2.14. The van der Waals surface area contributed by atoms with E-state index in [-0.39, 0.29) is 24.0 Å². The van der Waals surface area contributed by atoms with E-state index in [1.54, 1.807) is 0 Å². The van der Waals surface area contributed by atoms with Gasteiger partial charge in [-0.2, -0.15) is 0 Å². The zero-order chi connectivity index (χ0) is 17.0. The minimum Gasteiger partial charge on any atom is -0.379 e. The monoisotopic (exact) mass is 467 g/mol. The first-order valence-electron chi connectivity index (χ1n) is 9.82. The maximum absolute atomic E-state index is 5.38. The summed E-state index contributed by atoms with van der Waals surface area (Å²) in [4.78, 5) is 9.75. The molecule has 2 saturated heterocycles. The molecule has 148 valence electrons. The van der Waals surface area contributed by atoms with E-state index in [1.165, 1.54) is 32.5 Å². The van der Waals surface area contributed by atoms with Gasteiger partial charge in [0.2, 0.25) is 0 Å². The van der Waals surface area contributed by atoms with Gasteiger partial charge in [0, 0.05) is 39.3 Å². The fourth-order valence-electron chi connectivity index (χ4n) is 3.27. The molecule has 0 radical (unpaired) electrons. The zero-order valence-corrected chi connectivity index (χ0v) is 18.5. The van der Waals surface area contributed by atoms with Crippen LogP contribution in [-0.4, -0.2) is 87.9 Å². The third-order valence-electron chi connectivity index (χ3n) is 4.95. The van der Waals surface area contributed by atoms with Gasteiger partial charge in [-0.15, -0.1) is 24.0 Å². The van der Waals surface area contributed by atoms with Crippen molar-refractivity contribution < 1.29 is 4.74 Å². The van der Waals surface area contributed by atoms with Gasteiger partial charge in [0.1, 0.15) is 0 Å². The summed E-state index contributed by atoms with van der Waals surface area (Å²) < 4.78 is 5.38. The number of rotatable bonds is 8. The van der Waals surface area contributed by atoms with Crippen molar-refractivity contribution in [3.05, 3.63) is 0 Å². The molecule has 2 N–H and O–H groups in total. The van der Waals surface area contributed by atoms with Crippen molar-refractivity contribution in [1.82, 2.24) is 20.4 Å². The summed E-state index contributed by atoms with van der Waals surface area (Å²) in [5, 5.41) is 6.80. The number of hydrogen-bond donors (Lipinski definition) is 2. The third kappa shape index (κ3) is 9.96. The van der Waals surface area contributed by atoms with Gasteiger partial charge in [0.25, 0.3) is 0 Å². The molecule has 0 spiro atoms. The number of aliphatic imine (C=N–C) groups is 1. The Labute approximate surface area is 171 Å². The number of morpholine rings is 1. The van der Waals surface area contributed by atoms with Gasteiger partial charge in [-0.3, -0.25) is 9.89 Å². The van der Waals surface area contributed by atoms with Crippen molar-refractivity contribution in [3.8, 4) is 0 Å². The van der Waals surface area contributed by atoms with Gasteiger partial charge >= 0.3 is 0 Å². The average molecular weight is 467 g/mol. The number of halogens is 1. The lowest BCUT2D eigenvalue weighted by Gasteiger charge is -2.29. The molecule has 6 nitrogen and oxygen atoms in total. The Morgan fingerprint density at radius 2 is 1.72 bits per heavy atom. The molecule has 2 aliphatic heterocycles. The van der Waals surface area contributed by atoms with Crippen molar-refractivity contribution in [3.63, 3.8) is 0 Å². The normalized spacial score (nSPS) is 21.0. The largest absolute Gasteiger partial charge is 0.379 e. The molecule has 2 rings (SSSR count). The van der Waals surface area contributed by atoms with Crippen molar-refractivity contribution >= 4 is 29.9 Å². The van der Waals surface area contributed by atoms with Crippen LogP contribution in [0.3, 0.4) is 0 Å². The Kier molecular flexibility index (Phi) is 12.8. The highest BCUT2D eigenvalue weighted by Crippen LogP contribution is 2.15. The quantitative estimate of drug-likeness (QED) is 0.246. The number of nitrogens with zero attached hydrogens (tertiary/aromatic N) is 3. The van der Waals surface area contributed by atoms with Crippen LogP contribution in [0, 0.1) is 5.92 Å². The average Bonchev–Trinajstić information content (AvgIpc) is 2.61. The van der Waals surface area contributed by atoms with Gasteiger partial charge < -0.3 is 20.3 Å². The highest BCUT2D eigenvalue weighted by molar-refractivity contribution is 14.0. The molecular weight excluding hydrogens is 429 g/mol. The van der Waals surface area contributed by atoms with Gasteiger partial charge in [-0.1, -0.05) is 6.92 Å². The van der Waals surface area contributed by atoms with Gasteiger partial charge in [0.15, 0.2) is 5.96 Å². The molecule has 0 aromatic carbocycles. The smallest absolute Gasteiger partial charge is 0.191 e. The topological polar surface area (TPSA) is 52.1 Å². The number of hydrogen-bond acceptors (Lipinski definition) is 4. The van der Waals surface area contributed by atoms with Crippen molar-refractivity contribution in [2.45, 2.75) is 33.1 Å². The van der Waals surface area contributed by atoms with E-state index in [4.69, 9.17) is 9.73 Å². The van der Waals surface area contributed by atoms with Gasteiger partial charge in [-0.05, 0) is 51.7 Å². The zero-order valence-electron chi connectivity index (χ0n) is 16.1. The number of likely N-dealkylation sites (tertiary alicyclic amines) is 1. The standard InChI is InChI=1S/C18H37N5O.HI/c1-3-19-18(21-8-12-23-13-15-24-16-14-23)20-7-4-9-22-10-5-17(2)6-11-22;/h17H,3-16H2,1-2H3,(H2,19,20,21);1H. The fraction of sp³-hybridized carbons (Fsp3) is 0.944. The SMILES string of the molecule is CCNC(=NCCCN1CCC(C)CC1)NCCN1CCOCC1.I. The second-order valence-corrected chi connectivity index (χ2v) is 7.02. The fourth-order valence-corrected chi connectivity index (χ4v) is 3.27. The molecule has 25 heavy (non-hydrogen) atoms. The Bertz CT molecular complexity index is 355. The molecular formula is C18H38IN5O. The lowest BCUT2D eigenvalue weighted by molar-refractivity contribution is 0.0389. The molecule has 0 unspecified atom stereocenters. The molecule has 0 aliphatic carbocycles. The summed E-state index contributed by atoms with van der Waals surface area (Å²) >= 11 is 0. The molecule has 0 aromatic rings. The van der Waals surface area contributed by atoms with Crippen molar-refractivity contribution in [1.29, 1.82) is 0 Å². The summed E-state index contributed by atoms with van der Waals surface area (Å²) in [6.45, 7) is 15.8. The van der Waals surface area contributed by atoms with Crippen LogP contribution in [0.25, 0.3) is 0 Å². The summed E-state index contributed by atoms with van der Waals surface area (Å²) in [5.74, 6) is 1.87. The van der Waals surface area contributed by atoms with Crippen LogP contribution < -0.4 is 10.6 Å². The molecule has 0 bridgehead atoms. The van der Waals surface area contributed by atoms with Crippen molar-refractivity contribution in [2.75, 3.05) is 72.1 Å². The maximum Gasteiger partial charge on any atom is 0.191 e. The predicted octanol–water partition coefficient (Wildman–Crippen LogP) is 1.61. The van der Waals surface area contributed by atoms with E-state index in [2.05, 4.69) is 34.3 Å². The first-order valence-corrected chi connectivity index (χ1v) is 9.82. The maximum atomic E-state index is 5.38. The minimum absolute atomic E-state index is 0. The number of piperidine rings is 1. The van der Waals surface area contributed by atoms with Crippen LogP contribution in [0.15, 0.2) is 4.99 Å². The van der Waals surface area contributed by atoms with E-state index in [0.29, 0.717) is 0 Å². The number of guanidine groups is 1. The van der Waals surface area contributed by atoms with E-state index >= 15 is 0 Å². The first kappa shape index (κ1) is 22.9. The Morgan fingerprint density at radius 1 is 1.04 bits per heavy atom. The molecule has 2 heterocycles. The summed E-state index contributed by atoms with van der Waals surface area (Å²) in [6, 6.07) is 0. The summed E-state index contributed by atoms with van der Waals surface area (Å²) in [5.41, 5.74) is 0. The molecule has 0 atom stereocenters. The highest BCUT2D eigenvalue weighted by atomic mass is 127. The number of ether oxygens (including phenoxy) is 1. The summed E-state index contributed by atoms with van der Waals surface area (Å²) in [7, 11) is 0. The lowest BCUT2D eigenvalue weighted by Crippen LogP contribution is -2.44. The minimum atomic E-state index is 0. The van der Waals surface area contributed by atoms with E-state index in [1.807, 2.05) is 0 Å². The third-order valence-corrected chi connectivity index (χ3v) is 4.95. The second-order valence-electron chi connectivity index (χ2n) is 7.02.